The summed E-state index contributed by atoms with van der Waals surface area (Å²) in [6.45, 7) is 0. The monoisotopic (exact) mass is 194 g/mol. The third kappa shape index (κ3) is 1.23. The Kier molecular flexibility index (Phi) is 1.91. The fourth-order valence-corrected chi connectivity index (χ4v) is 1.71. The van der Waals surface area contributed by atoms with Gasteiger partial charge in [-0.25, -0.2) is 0 Å². The van der Waals surface area contributed by atoms with E-state index < -0.39 is 5.60 Å². The molecule has 0 aromatic carbocycles. The Labute approximate surface area is 81.2 Å². The summed E-state index contributed by atoms with van der Waals surface area (Å²) >= 11 is 0. The molecule has 0 unspecified atom stereocenters. The maximum absolute atomic E-state index is 11.1. The Hall–Kier alpha value is -1.58. The van der Waals surface area contributed by atoms with Crippen molar-refractivity contribution in [2.45, 2.75) is 18.4 Å². The predicted molar refractivity (Wildman–Crippen MR) is 47.3 cm³/mol. The van der Waals surface area contributed by atoms with E-state index in [2.05, 4.69) is 0 Å². The zero-order valence-electron chi connectivity index (χ0n) is 7.78. The Morgan fingerprint density at radius 2 is 2.29 bits per heavy atom. The second kappa shape index (κ2) is 2.97. The van der Waals surface area contributed by atoms with Crippen LogP contribution in [-0.2, 0) is 19.1 Å². The summed E-state index contributed by atoms with van der Waals surface area (Å²) < 4.78 is 10.2. The quantitative estimate of drug-likeness (QED) is 0.577. The summed E-state index contributed by atoms with van der Waals surface area (Å²) in [7, 11) is 1.46. The van der Waals surface area contributed by atoms with Gasteiger partial charge in [-0.05, 0) is 12.2 Å². The molecule has 1 aliphatic carbocycles. The van der Waals surface area contributed by atoms with E-state index in [0.29, 0.717) is 18.6 Å². The van der Waals surface area contributed by atoms with Gasteiger partial charge >= 0.3 is 5.97 Å². The first kappa shape index (κ1) is 8.99. The second-order valence-electron chi connectivity index (χ2n) is 3.31. The van der Waals surface area contributed by atoms with Gasteiger partial charge in [0.05, 0.1) is 13.5 Å². The number of hydrogen-bond donors (Lipinski definition) is 0. The molecule has 2 aliphatic rings. The van der Waals surface area contributed by atoms with Crippen LogP contribution >= 0.6 is 0 Å². The van der Waals surface area contributed by atoms with Crippen LogP contribution in [0.5, 0.6) is 0 Å². The van der Waals surface area contributed by atoms with Gasteiger partial charge in [-0.3, -0.25) is 9.59 Å². The zero-order valence-corrected chi connectivity index (χ0v) is 7.78. The van der Waals surface area contributed by atoms with Crippen LogP contribution < -0.4 is 0 Å². The maximum atomic E-state index is 11.1. The molecule has 0 amide bonds. The average molecular weight is 194 g/mol. The van der Waals surface area contributed by atoms with Gasteiger partial charge in [0.25, 0.3) is 0 Å². The zero-order chi connectivity index (χ0) is 10.2. The highest BCUT2D eigenvalue weighted by Crippen LogP contribution is 2.37. The van der Waals surface area contributed by atoms with E-state index in [-0.39, 0.29) is 11.8 Å². The molecule has 0 bridgehead atoms. The molecule has 1 atom stereocenters. The number of ether oxygens (including phenoxy) is 2. The molecule has 0 aromatic heterocycles. The number of ketones is 1. The molecule has 0 aromatic rings. The molecule has 4 heteroatoms. The van der Waals surface area contributed by atoms with Gasteiger partial charge in [0.1, 0.15) is 5.76 Å². The molecule has 1 aliphatic heterocycles. The molecule has 74 valence electrons. The van der Waals surface area contributed by atoms with Gasteiger partial charge < -0.3 is 9.47 Å². The van der Waals surface area contributed by atoms with Crippen LogP contribution in [0.25, 0.3) is 0 Å². The van der Waals surface area contributed by atoms with E-state index in [4.69, 9.17) is 9.47 Å². The van der Waals surface area contributed by atoms with Crippen LogP contribution in [0.15, 0.2) is 24.0 Å². The molecule has 1 spiro atoms. The molecule has 4 nitrogen and oxygen atoms in total. The van der Waals surface area contributed by atoms with Gasteiger partial charge in [-0.1, -0.05) is 0 Å². The first-order valence-corrected chi connectivity index (χ1v) is 4.37. The van der Waals surface area contributed by atoms with Gasteiger partial charge in [0.2, 0.25) is 0 Å². The number of rotatable bonds is 1. The normalized spacial score (nSPS) is 30.5. The summed E-state index contributed by atoms with van der Waals surface area (Å²) in [6.07, 6.45) is 5.26. The third-order valence-electron chi connectivity index (χ3n) is 2.42. The molecule has 1 fully saturated rings. The highest BCUT2D eigenvalue weighted by Gasteiger charge is 2.44. The van der Waals surface area contributed by atoms with E-state index in [1.54, 1.807) is 6.08 Å². The Morgan fingerprint density at radius 1 is 1.50 bits per heavy atom. The number of carbonyl (C=O) groups excluding carboxylic acids is 2. The smallest absolute Gasteiger partial charge is 0.307 e. The van der Waals surface area contributed by atoms with Crippen molar-refractivity contribution < 1.29 is 19.1 Å². The van der Waals surface area contributed by atoms with Crippen molar-refractivity contribution in [2.24, 2.45) is 0 Å². The number of hydrogen-bond acceptors (Lipinski definition) is 4. The van der Waals surface area contributed by atoms with Crippen LogP contribution in [0.2, 0.25) is 0 Å². The third-order valence-corrected chi connectivity index (χ3v) is 2.42. The van der Waals surface area contributed by atoms with E-state index in [0.717, 1.165) is 0 Å². The van der Waals surface area contributed by atoms with Gasteiger partial charge in [0.15, 0.2) is 11.4 Å². The van der Waals surface area contributed by atoms with Crippen molar-refractivity contribution in [2.75, 3.05) is 7.11 Å². The van der Waals surface area contributed by atoms with Crippen LogP contribution in [0.1, 0.15) is 12.8 Å². The Morgan fingerprint density at radius 3 is 2.86 bits per heavy atom. The van der Waals surface area contributed by atoms with E-state index in [1.165, 1.54) is 19.3 Å². The van der Waals surface area contributed by atoms with Gasteiger partial charge in [-0.2, -0.15) is 0 Å². The molecular formula is C10H10O4. The van der Waals surface area contributed by atoms with Crippen molar-refractivity contribution >= 4 is 11.8 Å². The Balaban J connectivity index is 2.35. The van der Waals surface area contributed by atoms with Crippen molar-refractivity contribution in [3.05, 3.63) is 24.0 Å². The SMILES string of the molecule is COC1=CC(=O)C=C[C@]12CCC(=O)O2. The lowest BCUT2D eigenvalue weighted by atomic mass is 9.92. The number of carbonyl (C=O) groups is 2. The first-order valence-electron chi connectivity index (χ1n) is 4.37. The largest absolute Gasteiger partial charge is 0.496 e. The summed E-state index contributed by atoms with van der Waals surface area (Å²) in [5.41, 5.74) is -0.820. The highest BCUT2D eigenvalue weighted by molar-refractivity contribution is 6.01. The van der Waals surface area contributed by atoms with E-state index in [1.807, 2.05) is 0 Å². The number of esters is 1. The molecule has 1 heterocycles. The summed E-state index contributed by atoms with van der Waals surface area (Å²) in [6, 6.07) is 0. The van der Waals surface area contributed by atoms with Crippen molar-refractivity contribution in [3.63, 3.8) is 0 Å². The topological polar surface area (TPSA) is 52.6 Å². The summed E-state index contributed by atoms with van der Waals surface area (Å²) in [4.78, 5) is 22.1. The van der Waals surface area contributed by atoms with E-state index >= 15 is 0 Å². The van der Waals surface area contributed by atoms with Crippen molar-refractivity contribution in [1.29, 1.82) is 0 Å². The minimum atomic E-state index is -0.820. The predicted octanol–water partition coefficient (Wildman–Crippen LogP) is 0.731. The highest BCUT2D eigenvalue weighted by atomic mass is 16.6. The first-order chi connectivity index (χ1) is 6.66. The average Bonchev–Trinajstić information content (AvgIpc) is 2.53. The lowest BCUT2D eigenvalue weighted by Gasteiger charge is -2.27. The molecule has 0 saturated carbocycles. The molecule has 0 radical (unpaired) electrons. The van der Waals surface area contributed by atoms with Crippen LogP contribution in [0, 0.1) is 0 Å². The van der Waals surface area contributed by atoms with Crippen LogP contribution in [0.3, 0.4) is 0 Å². The minimum Gasteiger partial charge on any atom is -0.496 e. The van der Waals surface area contributed by atoms with Crippen molar-refractivity contribution in [3.8, 4) is 0 Å². The van der Waals surface area contributed by atoms with E-state index in [9.17, 15) is 9.59 Å². The summed E-state index contributed by atoms with van der Waals surface area (Å²) in [5, 5.41) is 0. The molecule has 2 rings (SSSR count). The van der Waals surface area contributed by atoms with Crippen LogP contribution in [0.4, 0.5) is 0 Å². The molecule has 14 heavy (non-hydrogen) atoms. The molecule has 0 N–H and O–H groups in total. The fraction of sp³-hybridized carbons (Fsp3) is 0.400. The summed E-state index contributed by atoms with van der Waals surface area (Å²) in [5.74, 6) is 0.0122. The maximum Gasteiger partial charge on any atom is 0.307 e. The lowest BCUT2D eigenvalue weighted by Crippen LogP contribution is -2.32. The number of allylic oxidation sites excluding steroid dienone is 2. The Bertz CT molecular complexity index is 353. The lowest BCUT2D eigenvalue weighted by molar-refractivity contribution is -0.145. The second-order valence-corrected chi connectivity index (χ2v) is 3.31. The van der Waals surface area contributed by atoms with Gasteiger partial charge in [-0.15, -0.1) is 0 Å². The molecular weight excluding hydrogens is 184 g/mol. The fourth-order valence-electron chi connectivity index (χ4n) is 1.71. The van der Waals surface area contributed by atoms with Crippen molar-refractivity contribution in [1.82, 2.24) is 0 Å². The standard InChI is InChI=1S/C10H10O4/c1-13-8-6-7(11)2-4-10(8)5-3-9(12)14-10/h2,4,6H,3,5H2,1H3/t10-/m0/s1. The minimum absolute atomic E-state index is 0.143. The molecule has 1 saturated heterocycles. The van der Waals surface area contributed by atoms with Crippen LogP contribution in [-0.4, -0.2) is 24.5 Å². The number of methoxy groups -OCH3 is 1. The van der Waals surface area contributed by atoms with Gasteiger partial charge in [0, 0.05) is 12.5 Å².